The van der Waals surface area contributed by atoms with E-state index in [-0.39, 0.29) is 29.5 Å². The third kappa shape index (κ3) is 2.70. The van der Waals surface area contributed by atoms with Crippen molar-refractivity contribution in [1.82, 2.24) is 4.90 Å². The van der Waals surface area contributed by atoms with Gasteiger partial charge in [0.2, 0.25) is 0 Å². The average Bonchev–Trinajstić information content (AvgIpc) is 2.92. The molecule has 5 heteroatoms. The van der Waals surface area contributed by atoms with Crippen LogP contribution in [0.1, 0.15) is 50.6 Å². The second kappa shape index (κ2) is 6.78. The number of carbonyl (C=O) groups excluding carboxylic acids is 2. The molecule has 1 aliphatic carbocycles. The van der Waals surface area contributed by atoms with Gasteiger partial charge in [-0.3, -0.25) is 9.59 Å². The molecule has 2 aliphatic heterocycles. The largest absolute Gasteiger partial charge is 0.494 e. The van der Waals surface area contributed by atoms with E-state index >= 15 is 0 Å². The van der Waals surface area contributed by atoms with Crippen molar-refractivity contribution in [3.8, 4) is 5.75 Å². The third-order valence-electron chi connectivity index (χ3n) is 5.64. The van der Waals surface area contributed by atoms with E-state index in [1.807, 2.05) is 24.3 Å². The molecular formula is C21H25NO4. The van der Waals surface area contributed by atoms with E-state index in [1.54, 1.807) is 11.9 Å². The highest BCUT2D eigenvalue weighted by atomic mass is 16.5. The van der Waals surface area contributed by atoms with Crippen LogP contribution in [0.15, 0.2) is 35.6 Å². The van der Waals surface area contributed by atoms with Gasteiger partial charge >= 0.3 is 0 Å². The number of benzene rings is 1. The fourth-order valence-electron chi connectivity index (χ4n) is 4.34. The summed E-state index contributed by atoms with van der Waals surface area (Å²) in [4.78, 5) is 27.6. The summed E-state index contributed by atoms with van der Waals surface area (Å²) in [5.41, 5.74) is 1.43. The Kier molecular flexibility index (Phi) is 4.47. The van der Waals surface area contributed by atoms with E-state index < -0.39 is 6.04 Å². The van der Waals surface area contributed by atoms with E-state index in [4.69, 9.17) is 9.47 Å². The van der Waals surface area contributed by atoms with Crippen LogP contribution < -0.4 is 4.74 Å². The van der Waals surface area contributed by atoms with E-state index in [1.165, 1.54) is 0 Å². The molecule has 5 nitrogen and oxygen atoms in total. The first-order chi connectivity index (χ1) is 12.6. The standard InChI is InChI=1S/C21H25NO4/c1-3-11-25-14-8-6-7-13(12-14)18-17-19(23)15-9-4-5-10-16(15)26-20(17)21(24)22(18)2/h6-8,12,15-16,18H,3-5,9-11H2,1-2H3. The summed E-state index contributed by atoms with van der Waals surface area (Å²) in [5, 5.41) is 0. The van der Waals surface area contributed by atoms with Crippen molar-refractivity contribution in [1.29, 1.82) is 0 Å². The Morgan fingerprint density at radius 2 is 2.04 bits per heavy atom. The molecular weight excluding hydrogens is 330 g/mol. The Morgan fingerprint density at radius 1 is 1.23 bits per heavy atom. The lowest BCUT2D eigenvalue weighted by molar-refractivity contribution is -0.134. The number of hydrogen-bond acceptors (Lipinski definition) is 4. The molecule has 3 atom stereocenters. The van der Waals surface area contributed by atoms with Crippen LogP contribution >= 0.6 is 0 Å². The Balaban J connectivity index is 1.71. The van der Waals surface area contributed by atoms with Crippen molar-refractivity contribution >= 4 is 11.7 Å². The lowest BCUT2D eigenvalue weighted by atomic mass is 9.77. The normalized spacial score (nSPS) is 27.9. The molecule has 0 spiro atoms. The molecule has 2 heterocycles. The number of amides is 1. The minimum Gasteiger partial charge on any atom is -0.494 e. The number of carbonyl (C=O) groups is 2. The van der Waals surface area contributed by atoms with Crippen molar-refractivity contribution in [3.63, 3.8) is 0 Å². The smallest absolute Gasteiger partial charge is 0.289 e. The molecule has 0 aromatic heterocycles. The summed E-state index contributed by atoms with van der Waals surface area (Å²) in [5.74, 6) is 0.828. The molecule has 4 rings (SSSR count). The first kappa shape index (κ1) is 17.1. The van der Waals surface area contributed by atoms with Crippen LogP contribution in [0, 0.1) is 5.92 Å². The van der Waals surface area contributed by atoms with Crippen molar-refractivity contribution in [2.75, 3.05) is 13.7 Å². The predicted molar refractivity (Wildman–Crippen MR) is 96.6 cm³/mol. The summed E-state index contributed by atoms with van der Waals surface area (Å²) in [6.07, 6.45) is 4.61. The molecule has 1 aromatic rings. The summed E-state index contributed by atoms with van der Waals surface area (Å²) < 4.78 is 11.8. The SMILES string of the molecule is CCCOc1cccc(C2C3=C(OC4CCCCC4C3=O)C(=O)N2C)c1. The van der Waals surface area contributed by atoms with Gasteiger partial charge in [-0.1, -0.05) is 25.5 Å². The molecule has 3 aliphatic rings. The van der Waals surface area contributed by atoms with Gasteiger partial charge in [-0.05, 0) is 43.4 Å². The number of ketones is 1. The zero-order chi connectivity index (χ0) is 18.3. The molecule has 26 heavy (non-hydrogen) atoms. The lowest BCUT2D eigenvalue weighted by Gasteiger charge is -2.35. The van der Waals surface area contributed by atoms with Gasteiger partial charge in [0.05, 0.1) is 24.1 Å². The highest BCUT2D eigenvalue weighted by Crippen LogP contribution is 2.46. The zero-order valence-electron chi connectivity index (χ0n) is 15.4. The van der Waals surface area contributed by atoms with Crippen molar-refractivity contribution in [3.05, 3.63) is 41.2 Å². The Labute approximate surface area is 154 Å². The zero-order valence-corrected chi connectivity index (χ0v) is 15.4. The van der Waals surface area contributed by atoms with E-state index in [0.29, 0.717) is 12.2 Å². The van der Waals surface area contributed by atoms with Crippen LogP contribution in [0.2, 0.25) is 0 Å². The van der Waals surface area contributed by atoms with Gasteiger partial charge in [0.1, 0.15) is 11.9 Å². The molecule has 1 saturated carbocycles. The Bertz CT molecular complexity index is 769. The number of fused-ring (bicyclic) bond motifs is 1. The van der Waals surface area contributed by atoms with E-state index in [0.717, 1.165) is 43.4 Å². The highest BCUT2D eigenvalue weighted by molar-refractivity contribution is 6.11. The first-order valence-corrected chi connectivity index (χ1v) is 9.56. The van der Waals surface area contributed by atoms with Gasteiger partial charge in [-0.25, -0.2) is 0 Å². The minimum absolute atomic E-state index is 0.0959. The highest BCUT2D eigenvalue weighted by Gasteiger charge is 2.50. The van der Waals surface area contributed by atoms with Gasteiger partial charge < -0.3 is 14.4 Å². The van der Waals surface area contributed by atoms with E-state index in [2.05, 4.69) is 6.92 Å². The van der Waals surface area contributed by atoms with Gasteiger partial charge in [-0.2, -0.15) is 0 Å². The topological polar surface area (TPSA) is 55.8 Å². The summed E-state index contributed by atoms with van der Waals surface area (Å²) in [6.45, 7) is 2.70. The van der Waals surface area contributed by atoms with Crippen molar-refractivity contribution < 1.29 is 19.1 Å². The number of hydrogen-bond donors (Lipinski definition) is 0. The summed E-state index contributed by atoms with van der Waals surface area (Å²) in [6, 6.07) is 7.30. The molecule has 1 amide bonds. The fraction of sp³-hybridized carbons (Fsp3) is 0.524. The maximum atomic E-state index is 13.2. The van der Waals surface area contributed by atoms with E-state index in [9.17, 15) is 9.59 Å². The van der Waals surface area contributed by atoms with Gasteiger partial charge in [-0.15, -0.1) is 0 Å². The quantitative estimate of drug-likeness (QED) is 0.831. The molecule has 3 unspecified atom stereocenters. The molecule has 0 N–H and O–H groups in total. The van der Waals surface area contributed by atoms with Crippen LogP contribution in [-0.4, -0.2) is 36.3 Å². The van der Waals surface area contributed by atoms with Crippen LogP contribution in [0.3, 0.4) is 0 Å². The van der Waals surface area contributed by atoms with Crippen LogP contribution in [0.25, 0.3) is 0 Å². The van der Waals surface area contributed by atoms with Crippen LogP contribution in [0.4, 0.5) is 0 Å². The Morgan fingerprint density at radius 3 is 2.85 bits per heavy atom. The minimum atomic E-state index is -0.391. The van der Waals surface area contributed by atoms with Crippen LogP contribution in [-0.2, 0) is 14.3 Å². The molecule has 138 valence electrons. The third-order valence-corrected chi connectivity index (χ3v) is 5.64. The Hall–Kier alpha value is -2.30. The van der Waals surface area contributed by atoms with Gasteiger partial charge in [0, 0.05) is 7.05 Å². The lowest BCUT2D eigenvalue weighted by Crippen LogP contribution is -2.39. The molecule has 0 saturated heterocycles. The first-order valence-electron chi connectivity index (χ1n) is 9.56. The average molecular weight is 355 g/mol. The molecule has 1 aromatic carbocycles. The fourth-order valence-corrected chi connectivity index (χ4v) is 4.34. The molecule has 0 bridgehead atoms. The number of ether oxygens (including phenoxy) is 2. The maximum absolute atomic E-state index is 13.2. The van der Waals surface area contributed by atoms with Crippen LogP contribution in [0.5, 0.6) is 5.75 Å². The monoisotopic (exact) mass is 355 g/mol. The molecule has 0 radical (unpaired) electrons. The maximum Gasteiger partial charge on any atom is 0.289 e. The molecule has 1 fully saturated rings. The number of nitrogens with zero attached hydrogens (tertiary/aromatic N) is 1. The number of likely N-dealkylation sites (N-methyl/N-ethyl adjacent to an activating group) is 1. The number of rotatable bonds is 4. The second-order valence-electron chi connectivity index (χ2n) is 7.39. The second-order valence-corrected chi connectivity index (χ2v) is 7.39. The van der Waals surface area contributed by atoms with Gasteiger partial charge in [0.15, 0.2) is 11.5 Å². The summed E-state index contributed by atoms with van der Waals surface area (Å²) in [7, 11) is 1.74. The predicted octanol–water partition coefficient (Wildman–Crippen LogP) is 3.40. The number of Topliss-reactive ketones (excluding diaryl/α,β-unsaturated/α-hetero) is 1. The van der Waals surface area contributed by atoms with Gasteiger partial charge in [0.25, 0.3) is 5.91 Å². The summed E-state index contributed by atoms with van der Waals surface area (Å²) >= 11 is 0. The van der Waals surface area contributed by atoms with Crippen molar-refractivity contribution in [2.45, 2.75) is 51.2 Å². The van der Waals surface area contributed by atoms with Crippen molar-refractivity contribution in [2.24, 2.45) is 5.92 Å².